The summed E-state index contributed by atoms with van der Waals surface area (Å²) in [5.41, 5.74) is 0. The van der Waals surface area contributed by atoms with Crippen LogP contribution < -0.4 is 0 Å². The predicted octanol–water partition coefficient (Wildman–Crippen LogP) is 0.783. The van der Waals surface area contributed by atoms with E-state index in [0.717, 1.165) is 19.5 Å². The fourth-order valence-corrected chi connectivity index (χ4v) is 1.81. The van der Waals surface area contributed by atoms with Gasteiger partial charge in [-0.1, -0.05) is 0 Å². The van der Waals surface area contributed by atoms with Crippen molar-refractivity contribution in [2.75, 3.05) is 20.2 Å². The van der Waals surface area contributed by atoms with Crippen molar-refractivity contribution in [2.45, 2.75) is 25.8 Å². The van der Waals surface area contributed by atoms with Crippen LogP contribution >= 0.6 is 0 Å². The van der Waals surface area contributed by atoms with Crippen molar-refractivity contribution in [3.8, 4) is 6.07 Å². The number of ether oxygens (including phenoxy) is 1. The lowest BCUT2D eigenvalue weighted by Crippen LogP contribution is -2.31. The molecule has 1 fully saturated rings. The minimum Gasteiger partial charge on any atom is -0.469 e. The summed E-state index contributed by atoms with van der Waals surface area (Å²) in [6.45, 7) is 3.64. The Labute approximate surface area is 84.4 Å². The summed E-state index contributed by atoms with van der Waals surface area (Å²) in [5, 5.41) is 8.55. The third-order valence-electron chi connectivity index (χ3n) is 2.76. The van der Waals surface area contributed by atoms with Crippen molar-refractivity contribution in [1.82, 2.24) is 4.90 Å². The highest BCUT2D eigenvalue weighted by molar-refractivity contribution is 5.72. The van der Waals surface area contributed by atoms with Gasteiger partial charge in [0.2, 0.25) is 0 Å². The highest BCUT2D eigenvalue weighted by Crippen LogP contribution is 2.20. The molecule has 0 spiro atoms. The monoisotopic (exact) mass is 196 g/mol. The molecule has 2 atom stereocenters. The first-order valence-corrected chi connectivity index (χ1v) is 4.88. The van der Waals surface area contributed by atoms with Crippen molar-refractivity contribution in [3.05, 3.63) is 0 Å². The zero-order valence-corrected chi connectivity index (χ0v) is 8.69. The van der Waals surface area contributed by atoms with E-state index in [9.17, 15) is 4.79 Å². The molecule has 0 aromatic rings. The van der Waals surface area contributed by atoms with Crippen molar-refractivity contribution in [1.29, 1.82) is 5.26 Å². The van der Waals surface area contributed by atoms with Crippen molar-refractivity contribution >= 4 is 5.97 Å². The zero-order valence-electron chi connectivity index (χ0n) is 8.69. The summed E-state index contributed by atoms with van der Waals surface area (Å²) in [6, 6.07) is 2.39. The molecule has 0 bridgehead atoms. The minimum atomic E-state index is -0.128. The molecule has 0 amide bonds. The van der Waals surface area contributed by atoms with E-state index in [-0.39, 0.29) is 17.9 Å². The van der Waals surface area contributed by atoms with Crippen molar-refractivity contribution < 1.29 is 9.53 Å². The number of carbonyl (C=O) groups excluding carboxylic acids is 1. The van der Waals surface area contributed by atoms with Gasteiger partial charge in [-0.2, -0.15) is 5.26 Å². The summed E-state index contributed by atoms with van der Waals surface area (Å²) in [6.07, 6.45) is 1.37. The fraction of sp³-hybridized carbons (Fsp3) is 0.800. The Kier molecular flexibility index (Phi) is 3.90. The van der Waals surface area contributed by atoms with Gasteiger partial charge in [0, 0.05) is 12.6 Å². The van der Waals surface area contributed by atoms with Gasteiger partial charge in [0.15, 0.2) is 0 Å². The van der Waals surface area contributed by atoms with Gasteiger partial charge in [0.25, 0.3) is 0 Å². The van der Waals surface area contributed by atoms with Crippen molar-refractivity contribution in [3.63, 3.8) is 0 Å². The molecule has 2 unspecified atom stereocenters. The molecule has 0 aromatic carbocycles. The lowest BCUT2D eigenvalue weighted by Gasteiger charge is -2.21. The Hall–Kier alpha value is -1.08. The van der Waals surface area contributed by atoms with Crippen LogP contribution in [0.1, 0.15) is 19.8 Å². The molecule has 78 valence electrons. The number of carbonyl (C=O) groups is 1. The van der Waals surface area contributed by atoms with Crippen LogP contribution in [0.2, 0.25) is 0 Å². The topological polar surface area (TPSA) is 53.3 Å². The van der Waals surface area contributed by atoms with Crippen LogP contribution in [0, 0.1) is 17.2 Å². The Morgan fingerprint density at radius 2 is 2.50 bits per heavy atom. The number of nitrogens with zero attached hydrogens (tertiary/aromatic N) is 2. The standard InChI is InChI=1S/C10H16N2O2/c1-8(3-5-11)12-6-4-9(7-12)10(13)14-2/h8-9H,3-4,6-7H2,1-2H3. The Balaban J connectivity index is 2.41. The van der Waals surface area contributed by atoms with Crippen LogP contribution in [0.5, 0.6) is 0 Å². The number of methoxy groups -OCH3 is 1. The smallest absolute Gasteiger partial charge is 0.310 e. The summed E-state index contributed by atoms with van der Waals surface area (Å²) >= 11 is 0. The van der Waals surface area contributed by atoms with Gasteiger partial charge in [0.1, 0.15) is 0 Å². The zero-order chi connectivity index (χ0) is 10.6. The molecule has 4 nitrogen and oxygen atoms in total. The molecule has 0 aliphatic carbocycles. The van der Waals surface area contributed by atoms with Gasteiger partial charge >= 0.3 is 5.97 Å². The van der Waals surface area contributed by atoms with Gasteiger partial charge < -0.3 is 4.74 Å². The van der Waals surface area contributed by atoms with Crippen LogP contribution in [-0.4, -0.2) is 37.1 Å². The molecule has 1 aliphatic heterocycles. The maximum Gasteiger partial charge on any atom is 0.310 e. The van der Waals surface area contributed by atoms with Crippen molar-refractivity contribution in [2.24, 2.45) is 5.92 Å². The Morgan fingerprint density at radius 1 is 1.79 bits per heavy atom. The molecule has 0 radical (unpaired) electrons. The second-order valence-electron chi connectivity index (χ2n) is 3.71. The van der Waals surface area contributed by atoms with E-state index >= 15 is 0 Å². The number of rotatable bonds is 3. The molecule has 1 aliphatic rings. The second kappa shape index (κ2) is 4.97. The maximum atomic E-state index is 11.2. The van der Waals surface area contributed by atoms with E-state index in [1.165, 1.54) is 7.11 Å². The lowest BCUT2D eigenvalue weighted by atomic mass is 10.1. The van der Waals surface area contributed by atoms with Gasteiger partial charge in [-0.05, 0) is 19.9 Å². The molecule has 1 rings (SSSR count). The Morgan fingerprint density at radius 3 is 3.07 bits per heavy atom. The minimum absolute atomic E-state index is 0.00106. The molecule has 0 aromatic heterocycles. The average Bonchev–Trinajstić information content (AvgIpc) is 2.66. The van der Waals surface area contributed by atoms with E-state index in [4.69, 9.17) is 10.00 Å². The summed E-state index contributed by atoms with van der Waals surface area (Å²) in [5.74, 6) is -0.127. The van der Waals surface area contributed by atoms with E-state index in [1.807, 2.05) is 6.92 Å². The highest BCUT2D eigenvalue weighted by atomic mass is 16.5. The molecule has 14 heavy (non-hydrogen) atoms. The third-order valence-corrected chi connectivity index (χ3v) is 2.76. The van der Waals surface area contributed by atoms with Crippen LogP contribution in [0.15, 0.2) is 0 Å². The average molecular weight is 196 g/mol. The fourth-order valence-electron chi connectivity index (χ4n) is 1.81. The molecule has 0 N–H and O–H groups in total. The van der Waals surface area contributed by atoms with E-state index in [2.05, 4.69) is 11.0 Å². The maximum absolute atomic E-state index is 11.2. The van der Waals surface area contributed by atoms with Gasteiger partial charge in [-0.3, -0.25) is 9.69 Å². The quantitative estimate of drug-likeness (QED) is 0.626. The molecule has 0 saturated carbocycles. The number of hydrogen-bond acceptors (Lipinski definition) is 4. The highest BCUT2D eigenvalue weighted by Gasteiger charge is 2.31. The van der Waals surface area contributed by atoms with E-state index in [0.29, 0.717) is 6.42 Å². The number of likely N-dealkylation sites (tertiary alicyclic amines) is 1. The van der Waals surface area contributed by atoms with Crippen LogP contribution in [0.3, 0.4) is 0 Å². The largest absolute Gasteiger partial charge is 0.469 e. The van der Waals surface area contributed by atoms with Crippen LogP contribution in [0.25, 0.3) is 0 Å². The normalized spacial score (nSPS) is 24.2. The number of hydrogen-bond donors (Lipinski definition) is 0. The van der Waals surface area contributed by atoms with Crippen LogP contribution in [0.4, 0.5) is 0 Å². The first kappa shape index (κ1) is 11.0. The third kappa shape index (κ3) is 2.46. The summed E-state index contributed by atoms with van der Waals surface area (Å²) in [7, 11) is 1.42. The summed E-state index contributed by atoms with van der Waals surface area (Å²) in [4.78, 5) is 13.4. The molecule has 1 saturated heterocycles. The predicted molar refractivity (Wildman–Crippen MR) is 51.4 cm³/mol. The Bertz CT molecular complexity index is 247. The molecule has 4 heteroatoms. The SMILES string of the molecule is COC(=O)C1CCN(C(C)CC#N)C1. The second-order valence-corrected chi connectivity index (χ2v) is 3.71. The van der Waals surface area contributed by atoms with Gasteiger partial charge in [-0.15, -0.1) is 0 Å². The van der Waals surface area contributed by atoms with Gasteiger partial charge in [0.05, 0.1) is 25.5 Å². The van der Waals surface area contributed by atoms with Crippen LogP contribution in [-0.2, 0) is 9.53 Å². The molecule has 1 heterocycles. The summed E-state index contributed by atoms with van der Waals surface area (Å²) < 4.78 is 4.69. The van der Waals surface area contributed by atoms with Gasteiger partial charge in [-0.25, -0.2) is 0 Å². The number of nitriles is 1. The molecular formula is C10H16N2O2. The number of esters is 1. The van der Waals surface area contributed by atoms with E-state index < -0.39 is 0 Å². The first-order chi connectivity index (χ1) is 6.69. The molecular weight excluding hydrogens is 180 g/mol. The van der Waals surface area contributed by atoms with E-state index in [1.54, 1.807) is 0 Å². The lowest BCUT2D eigenvalue weighted by molar-refractivity contribution is -0.144. The first-order valence-electron chi connectivity index (χ1n) is 4.88.